The van der Waals surface area contributed by atoms with Gasteiger partial charge >= 0.3 is 0 Å². The van der Waals surface area contributed by atoms with Crippen LogP contribution < -0.4 is 20.0 Å². The maximum absolute atomic E-state index is 3.69. The molecule has 0 radical (unpaired) electrons. The molecule has 0 unspecified atom stereocenters. The lowest BCUT2D eigenvalue weighted by molar-refractivity contribution is 0.592. The number of nitrogens with one attached hydrogen (secondary N) is 1. The monoisotopic (exact) mass is 764 g/mol. The quantitative estimate of drug-likeness (QED) is 0.188. The standard InChI is InChI=1S/C55H48N4/c1-54(2,3)44-20-9-11-23-47(44)56-37-43-19-8-6-17-40-18-7-12-24-48(40)57(43)41-33-29-38(30-34-41)39-31-35-42(36-32-39)58-50-26-14-15-27-51(50)59-49-25-13-10-21-45(49)55(4,5)46-22-16-28-52(58)53(46)59/h6-37,56H,1-5H3/b17-6-,19-8-,43-37-. The molecule has 3 aliphatic heterocycles. The summed E-state index contributed by atoms with van der Waals surface area (Å²) in [4.78, 5) is 7.25. The molecule has 10 rings (SSSR count). The fraction of sp³-hybridized carbons (Fsp3) is 0.127. The maximum Gasteiger partial charge on any atom is 0.0744 e. The minimum absolute atomic E-state index is 0.00647. The van der Waals surface area contributed by atoms with E-state index in [9.17, 15) is 0 Å². The van der Waals surface area contributed by atoms with Crippen LogP contribution in [-0.4, -0.2) is 0 Å². The minimum atomic E-state index is -0.140. The van der Waals surface area contributed by atoms with Crippen LogP contribution in [0.2, 0.25) is 0 Å². The van der Waals surface area contributed by atoms with E-state index in [4.69, 9.17) is 0 Å². The van der Waals surface area contributed by atoms with Gasteiger partial charge < -0.3 is 20.0 Å². The lowest BCUT2D eigenvalue weighted by Crippen LogP contribution is -2.34. The number of rotatable bonds is 5. The molecule has 0 fully saturated rings. The molecular formula is C55H48N4. The summed E-state index contributed by atoms with van der Waals surface area (Å²) in [5.41, 5.74) is 18.9. The van der Waals surface area contributed by atoms with Crippen LogP contribution in [0.15, 0.2) is 194 Å². The van der Waals surface area contributed by atoms with E-state index in [0.29, 0.717) is 0 Å². The van der Waals surface area contributed by atoms with E-state index < -0.39 is 0 Å². The molecule has 7 aromatic carbocycles. The first kappa shape index (κ1) is 36.3. The summed E-state index contributed by atoms with van der Waals surface area (Å²) < 4.78 is 0. The van der Waals surface area contributed by atoms with Crippen molar-refractivity contribution >= 4 is 57.3 Å². The Morgan fingerprint density at radius 1 is 0.475 bits per heavy atom. The zero-order chi connectivity index (χ0) is 40.3. The number of allylic oxidation sites excluding steroid dienone is 3. The molecule has 0 saturated heterocycles. The van der Waals surface area contributed by atoms with Gasteiger partial charge in [-0.2, -0.15) is 0 Å². The van der Waals surface area contributed by atoms with E-state index in [2.05, 4.69) is 249 Å². The van der Waals surface area contributed by atoms with E-state index in [1.165, 1.54) is 56.3 Å². The number of hydrogen-bond donors (Lipinski definition) is 1. The van der Waals surface area contributed by atoms with Crippen molar-refractivity contribution in [3.63, 3.8) is 0 Å². The summed E-state index contributed by atoms with van der Waals surface area (Å²) in [5, 5.41) is 3.69. The molecule has 4 nitrogen and oxygen atoms in total. The van der Waals surface area contributed by atoms with Crippen molar-refractivity contribution in [2.75, 3.05) is 20.0 Å². The minimum Gasteiger partial charge on any atom is -0.360 e. The summed E-state index contributed by atoms with van der Waals surface area (Å²) in [6.45, 7) is 11.5. The van der Waals surface area contributed by atoms with E-state index in [1.54, 1.807) is 0 Å². The molecule has 0 bridgehead atoms. The molecule has 288 valence electrons. The van der Waals surface area contributed by atoms with Crippen LogP contribution in [-0.2, 0) is 10.8 Å². The number of benzene rings is 7. The van der Waals surface area contributed by atoms with Crippen molar-refractivity contribution in [2.24, 2.45) is 0 Å². The first-order chi connectivity index (χ1) is 28.7. The van der Waals surface area contributed by atoms with E-state index in [0.717, 1.165) is 34.0 Å². The molecule has 0 aliphatic carbocycles. The van der Waals surface area contributed by atoms with E-state index in [-0.39, 0.29) is 10.8 Å². The molecule has 1 N–H and O–H groups in total. The molecular weight excluding hydrogens is 717 g/mol. The molecule has 3 heterocycles. The van der Waals surface area contributed by atoms with Gasteiger partial charge in [0.05, 0.1) is 39.8 Å². The number of nitrogens with zero attached hydrogens (tertiary/aromatic N) is 3. The normalized spacial score (nSPS) is 16.6. The van der Waals surface area contributed by atoms with Gasteiger partial charge in [0.2, 0.25) is 0 Å². The van der Waals surface area contributed by atoms with Gasteiger partial charge in [-0.25, -0.2) is 0 Å². The van der Waals surface area contributed by atoms with Gasteiger partial charge in [0, 0.05) is 28.7 Å². The van der Waals surface area contributed by atoms with Crippen molar-refractivity contribution in [3.8, 4) is 11.1 Å². The first-order valence-electron chi connectivity index (χ1n) is 20.6. The zero-order valence-electron chi connectivity index (χ0n) is 34.3. The molecule has 7 aromatic rings. The van der Waals surface area contributed by atoms with Gasteiger partial charge in [-0.05, 0) is 106 Å². The Bertz CT molecular complexity index is 2820. The van der Waals surface area contributed by atoms with Crippen LogP contribution in [0.1, 0.15) is 56.9 Å². The van der Waals surface area contributed by atoms with Gasteiger partial charge in [-0.15, -0.1) is 0 Å². The second-order valence-corrected chi connectivity index (χ2v) is 17.2. The molecule has 3 aliphatic rings. The molecule has 59 heavy (non-hydrogen) atoms. The predicted molar refractivity (Wildman–Crippen MR) is 251 cm³/mol. The lowest BCUT2D eigenvalue weighted by atomic mass is 9.72. The van der Waals surface area contributed by atoms with Crippen LogP contribution in [0.4, 0.5) is 51.2 Å². The third kappa shape index (κ3) is 6.15. The van der Waals surface area contributed by atoms with Crippen LogP contribution in [0.3, 0.4) is 0 Å². The average molecular weight is 765 g/mol. The SMILES string of the molecule is CC(C)(C)c1ccccc1N/C=C1/C=C\C=C/c2ccccc2N1c1ccc(-c2ccc(N3c4ccccc4N4c5ccccc5C(C)(C)c5cccc3c54)cc2)cc1. The Kier molecular flexibility index (Phi) is 8.68. The van der Waals surface area contributed by atoms with Gasteiger partial charge in [0.15, 0.2) is 0 Å². The second kappa shape index (κ2) is 14.1. The number of anilines is 9. The molecule has 4 heteroatoms. The Morgan fingerprint density at radius 2 is 1.02 bits per heavy atom. The highest BCUT2D eigenvalue weighted by atomic mass is 15.3. The summed E-state index contributed by atoms with van der Waals surface area (Å²) in [6.07, 6.45) is 10.7. The smallest absolute Gasteiger partial charge is 0.0744 e. The van der Waals surface area contributed by atoms with Crippen LogP contribution in [0.5, 0.6) is 0 Å². The van der Waals surface area contributed by atoms with Crippen LogP contribution in [0.25, 0.3) is 17.2 Å². The Morgan fingerprint density at radius 3 is 1.73 bits per heavy atom. The fourth-order valence-electron chi connectivity index (χ4n) is 9.19. The summed E-state index contributed by atoms with van der Waals surface area (Å²) >= 11 is 0. The van der Waals surface area contributed by atoms with Crippen molar-refractivity contribution in [2.45, 2.75) is 45.4 Å². The first-order valence-corrected chi connectivity index (χ1v) is 20.6. The largest absolute Gasteiger partial charge is 0.360 e. The van der Waals surface area contributed by atoms with Gasteiger partial charge in [-0.1, -0.05) is 156 Å². The van der Waals surface area contributed by atoms with Crippen molar-refractivity contribution in [1.82, 2.24) is 0 Å². The van der Waals surface area contributed by atoms with Crippen LogP contribution >= 0.6 is 0 Å². The van der Waals surface area contributed by atoms with Crippen molar-refractivity contribution < 1.29 is 0 Å². The highest BCUT2D eigenvalue weighted by Crippen LogP contribution is 2.61. The number of para-hydroxylation sites is 6. The lowest BCUT2D eigenvalue weighted by Gasteiger charge is -2.48. The third-order valence-corrected chi connectivity index (χ3v) is 12.1. The Balaban J connectivity index is 1.00. The highest BCUT2D eigenvalue weighted by molar-refractivity contribution is 6.05. The van der Waals surface area contributed by atoms with Crippen LogP contribution in [0, 0.1) is 0 Å². The Labute approximate surface area is 348 Å². The summed E-state index contributed by atoms with van der Waals surface area (Å²) in [7, 11) is 0. The molecule has 0 saturated carbocycles. The number of hydrogen-bond acceptors (Lipinski definition) is 4. The molecule has 0 aromatic heterocycles. The fourth-order valence-corrected chi connectivity index (χ4v) is 9.19. The molecule has 0 amide bonds. The number of fused-ring (bicyclic) bond motifs is 5. The van der Waals surface area contributed by atoms with Crippen molar-refractivity contribution in [3.05, 3.63) is 216 Å². The second-order valence-electron chi connectivity index (χ2n) is 17.2. The molecule has 0 spiro atoms. The van der Waals surface area contributed by atoms with Gasteiger partial charge in [0.1, 0.15) is 0 Å². The van der Waals surface area contributed by atoms with Gasteiger partial charge in [-0.3, -0.25) is 0 Å². The Hall–Kier alpha value is -7.04. The van der Waals surface area contributed by atoms with Gasteiger partial charge in [0.25, 0.3) is 0 Å². The van der Waals surface area contributed by atoms with Crippen molar-refractivity contribution in [1.29, 1.82) is 0 Å². The molecule has 0 atom stereocenters. The highest BCUT2D eigenvalue weighted by Gasteiger charge is 2.42. The summed E-state index contributed by atoms with van der Waals surface area (Å²) in [6, 6.07) is 59.7. The third-order valence-electron chi connectivity index (χ3n) is 12.1. The zero-order valence-corrected chi connectivity index (χ0v) is 34.3. The summed E-state index contributed by atoms with van der Waals surface area (Å²) in [5.74, 6) is 0. The van der Waals surface area contributed by atoms with E-state index in [1.807, 2.05) is 0 Å². The van der Waals surface area contributed by atoms with E-state index >= 15 is 0 Å². The average Bonchev–Trinajstić information content (AvgIpc) is 3.25. The predicted octanol–water partition coefficient (Wildman–Crippen LogP) is 15.2. The maximum atomic E-state index is 3.69. The topological polar surface area (TPSA) is 21.8 Å².